The van der Waals surface area contributed by atoms with Crippen LogP contribution >= 0.6 is 0 Å². The van der Waals surface area contributed by atoms with Crippen molar-refractivity contribution in [2.45, 2.75) is 25.7 Å². The van der Waals surface area contributed by atoms with E-state index < -0.39 is 20.6 Å². The molecule has 0 unspecified atom stereocenters. The summed E-state index contributed by atoms with van der Waals surface area (Å²) < 4.78 is 33.2. The number of nitrogens with zero attached hydrogens (tertiary/aromatic N) is 2. The van der Waals surface area contributed by atoms with Crippen LogP contribution in [0.4, 0.5) is 17.1 Å². The van der Waals surface area contributed by atoms with Crippen molar-refractivity contribution >= 4 is 32.8 Å². The SMILES string of the molecule is C/C(=N/Nc1ccc(S(=O)(=O)Nc2ccc(C)cc2C)cc1[N+](=O)[O-])c1ccco1. The Morgan fingerprint density at radius 2 is 1.83 bits per heavy atom. The summed E-state index contributed by atoms with van der Waals surface area (Å²) in [6.45, 7) is 5.35. The molecule has 1 aromatic heterocycles. The first-order valence-corrected chi connectivity index (χ1v) is 10.4. The van der Waals surface area contributed by atoms with E-state index in [4.69, 9.17) is 4.42 Å². The number of nitro benzene ring substituents is 1. The van der Waals surface area contributed by atoms with Crippen molar-refractivity contribution in [2.75, 3.05) is 10.1 Å². The summed E-state index contributed by atoms with van der Waals surface area (Å²) in [5, 5.41) is 15.6. The molecule has 0 aliphatic carbocycles. The predicted molar refractivity (Wildman–Crippen MR) is 114 cm³/mol. The molecular weight excluding hydrogens is 408 g/mol. The molecule has 0 atom stereocenters. The molecular formula is C20H20N4O5S. The zero-order valence-electron chi connectivity index (χ0n) is 16.5. The number of anilines is 2. The van der Waals surface area contributed by atoms with Crippen molar-refractivity contribution in [1.82, 2.24) is 0 Å². The Labute approximate surface area is 173 Å². The van der Waals surface area contributed by atoms with Crippen molar-refractivity contribution in [3.05, 3.63) is 81.8 Å². The van der Waals surface area contributed by atoms with Gasteiger partial charge >= 0.3 is 0 Å². The van der Waals surface area contributed by atoms with Crippen LogP contribution in [0.5, 0.6) is 0 Å². The Balaban J connectivity index is 1.90. The summed E-state index contributed by atoms with van der Waals surface area (Å²) in [7, 11) is -4.02. The second-order valence-corrected chi connectivity index (χ2v) is 8.33. The third kappa shape index (κ3) is 4.66. The highest BCUT2D eigenvalue weighted by atomic mass is 32.2. The summed E-state index contributed by atoms with van der Waals surface area (Å²) in [6, 6.07) is 12.2. The number of hydrogen-bond acceptors (Lipinski definition) is 7. The maximum absolute atomic E-state index is 12.8. The minimum absolute atomic E-state index is 0.0522. The van der Waals surface area contributed by atoms with Crippen LogP contribution in [0.3, 0.4) is 0 Å². The molecule has 0 radical (unpaired) electrons. The molecule has 0 fully saturated rings. The van der Waals surface area contributed by atoms with Crippen LogP contribution in [-0.4, -0.2) is 19.1 Å². The van der Waals surface area contributed by atoms with Gasteiger partial charge in [-0.15, -0.1) is 0 Å². The van der Waals surface area contributed by atoms with Crippen molar-refractivity contribution in [2.24, 2.45) is 5.10 Å². The number of benzene rings is 2. The average Bonchev–Trinajstić information content (AvgIpc) is 3.23. The van der Waals surface area contributed by atoms with Gasteiger partial charge in [-0.3, -0.25) is 20.3 Å². The number of sulfonamides is 1. The molecule has 0 spiro atoms. The largest absolute Gasteiger partial charge is 0.463 e. The van der Waals surface area contributed by atoms with Crippen LogP contribution in [-0.2, 0) is 10.0 Å². The van der Waals surface area contributed by atoms with Crippen molar-refractivity contribution in [3.63, 3.8) is 0 Å². The Bertz CT molecular complexity index is 1220. The van der Waals surface area contributed by atoms with E-state index >= 15 is 0 Å². The fourth-order valence-corrected chi connectivity index (χ4v) is 3.89. The normalized spacial score (nSPS) is 11.9. The third-order valence-corrected chi connectivity index (χ3v) is 5.69. The van der Waals surface area contributed by atoms with Gasteiger partial charge in [-0.25, -0.2) is 8.42 Å². The topological polar surface area (TPSA) is 127 Å². The lowest BCUT2D eigenvalue weighted by Gasteiger charge is -2.12. The Morgan fingerprint density at radius 3 is 2.47 bits per heavy atom. The number of nitro groups is 1. The van der Waals surface area contributed by atoms with Crippen LogP contribution in [0.1, 0.15) is 23.8 Å². The van der Waals surface area contributed by atoms with Gasteiger partial charge in [0, 0.05) is 6.07 Å². The van der Waals surface area contributed by atoms with E-state index in [1.165, 1.54) is 18.4 Å². The second kappa shape index (κ2) is 8.37. The highest BCUT2D eigenvalue weighted by molar-refractivity contribution is 7.92. The fourth-order valence-electron chi connectivity index (χ4n) is 2.74. The molecule has 0 aliphatic heterocycles. The fraction of sp³-hybridized carbons (Fsp3) is 0.150. The van der Waals surface area contributed by atoms with E-state index in [2.05, 4.69) is 15.2 Å². The number of rotatable bonds is 7. The monoisotopic (exact) mass is 428 g/mol. The van der Waals surface area contributed by atoms with E-state index in [1.54, 1.807) is 38.1 Å². The van der Waals surface area contributed by atoms with Crippen LogP contribution in [0.15, 0.2) is 69.2 Å². The molecule has 0 bridgehead atoms. The molecule has 3 aromatic rings. The van der Waals surface area contributed by atoms with E-state index in [1.807, 2.05) is 13.0 Å². The quantitative estimate of drug-likeness (QED) is 0.325. The average molecular weight is 428 g/mol. The predicted octanol–water partition coefficient (Wildman–Crippen LogP) is 4.44. The molecule has 0 amide bonds. The Morgan fingerprint density at radius 1 is 1.10 bits per heavy atom. The van der Waals surface area contributed by atoms with Crippen molar-refractivity contribution in [1.29, 1.82) is 0 Å². The molecule has 3 rings (SSSR count). The number of nitrogens with one attached hydrogen (secondary N) is 2. The van der Waals surface area contributed by atoms with E-state index in [-0.39, 0.29) is 10.6 Å². The van der Waals surface area contributed by atoms with Crippen LogP contribution in [0, 0.1) is 24.0 Å². The van der Waals surface area contributed by atoms with Gasteiger partial charge in [-0.05, 0) is 56.7 Å². The standard InChI is InChI=1S/C20H20N4O5S/c1-13-6-8-17(14(2)11-13)23-30(27,28)16-7-9-18(19(12-16)24(25)26)22-21-15(3)20-5-4-10-29-20/h4-12,22-23H,1-3H3/b21-15-. The van der Waals surface area contributed by atoms with E-state index in [0.29, 0.717) is 17.2 Å². The lowest BCUT2D eigenvalue weighted by molar-refractivity contribution is -0.384. The molecule has 0 aliphatic rings. The molecule has 0 saturated heterocycles. The summed E-state index contributed by atoms with van der Waals surface area (Å²) in [5.74, 6) is 0.502. The van der Waals surface area contributed by atoms with Crippen molar-refractivity contribution < 1.29 is 17.8 Å². The zero-order chi connectivity index (χ0) is 21.9. The number of furan rings is 1. The first kappa shape index (κ1) is 21.1. The van der Waals surface area contributed by atoms with Gasteiger partial charge in [0.05, 0.1) is 21.8 Å². The van der Waals surface area contributed by atoms with E-state index in [9.17, 15) is 18.5 Å². The Kier molecular flexibility index (Phi) is 5.88. The highest BCUT2D eigenvalue weighted by Gasteiger charge is 2.22. The zero-order valence-corrected chi connectivity index (χ0v) is 17.4. The molecule has 1 heterocycles. The number of hydrazone groups is 1. The van der Waals surface area contributed by atoms with Crippen molar-refractivity contribution in [3.8, 4) is 0 Å². The van der Waals surface area contributed by atoms with Gasteiger partial charge in [-0.2, -0.15) is 5.10 Å². The first-order valence-electron chi connectivity index (χ1n) is 8.90. The third-order valence-electron chi connectivity index (χ3n) is 4.32. The minimum Gasteiger partial charge on any atom is -0.463 e. The molecule has 0 saturated carbocycles. The van der Waals surface area contributed by atoms with Gasteiger partial charge in [0.2, 0.25) is 0 Å². The first-order chi connectivity index (χ1) is 14.2. The van der Waals surface area contributed by atoms with Crippen LogP contribution < -0.4 is 10.1 Å². The molecule has 2 aromatic carbocycles. The van der Waals surface area contributed by atoms with Gasteiger partial charge in [0.1, 0.15) is 17.2 Å². The van der Waals surface area contributed by atoms with E-state index in [0.717, 1.165) is 17.2 Å². The van der Waals surface area contributed by atoms with Gasteiger partial charge in [0.25, 0.3) is 15.7 Å². The van der Waals surface area contributed by atoms with Crippen LogP contribution in [0.25, 0.3) is 0 Å². The molecule has 9 nitrogen and oxygen atoms in total. The number of aryl methyl sites for hydroxylation is 2. The molecule has 156 valence electrons. The van der Waals surface area contributed by atoms with Gasteiger partial charge in [-0.1, -0.05) is 17.7 Å². The van der Waals surface area contributed by atoms with Gasteiger partial charge < -0.3 is 4.42 Å². The molecule has 30 heavy (non-hydrogen) atoms. The maximum atomic E-state index is 12.8. The summed E-state index contributed by atoms with van der Waals surface area (Å²) in [5.41, 5.74) is 4.85. The lowest BCUT2D eigenvalue weighted by Crippen LogP contribution is -2.14. The smallest absolute Gasteiger partial charge is 0.295 e. The minimum atomic E-state index is -4.02. The second-order valence-electron chi connectivity index (χ2n) is 6.65. The summed E-state index contributed by atoms with van der Waals surface area (Å²) >= 11 is 0. The van der Waals surface area contributed by atoms with Crippen LogP contribution in [0.2, 0.25) is 0 Å². The molecule has 10 heteroatoms. The molecule has 2 N–H and O–H groups in total. The summed E-state index contributed by atoms with van der Waals surface area (Å²) in [4.78, 5) is 10.6. The maximum Gasteiger partial charge on any atom is 0.295 e. The Hall–Kier alpha value is -3.66. The van der Waals surface area contributed by atoms with Gasteiger partial charge in [0.15, 0.2) is 0 Å². The lowest BCUT2D eigenvalue weighted by atomic mass is 10.1. The summed E-state index contributed by atoms with van der Waals surface area (Å²) in [6.07, 6.45) is 1.49. The highest BCUT2D eigenvalue weighted by Crippen LogP contribution is 2.29. The number of hydrogen-bond donors (Lipinski definition) is 2.